The Morgan fingerprint density at radius 1 is 1.09 bits per heavy atom. The molecule has 0 saturated heterocycles. The summed E-state index contributed by atoms with van der Waals surface area (Å²) in [5, 5.41) is 14.9. The molecular weight excluding hydrogens is 420 g/mol. The number of nitrogens with zero attached hydrogens (tertiary/aromatic N) is 2. The van der Waals surface area contributed by atoms with Crippen LogP contribution in [0.2, 0.25) is 0 Å². The minimum absolute atomic E-state index is 0.373. The van der Waals surface area contributed by atoms with Gasteiger partial charge in [-0.15, -0.1) is 11.3 Å². The lowest BCUT2D eigenvalue weighted by Gasteiger charge is -2.04. The molecule has 0 spiro atoms. The van der Waals surface area contributed by atoms with Gasteiger partial charge in [0, 0.05) is 10.8 Å². The Kier molecular flexibility index (Phi) is 5.02. The predicted octanol–water partition coefficient (Wildman–Crippen LogP) is 6.14. The van der Waals surface area contributed by atoms with Gasteiger partial charge in [0.05, 0.1) is 23.9 Å². The van der Waals surface area contributed by atoms with Crippen molar-refractivity contribution in [1.82, 2.24) is 4.98 Å². The van der Waals surface area contributed by atoms with Crippen LogP contribution in [-0.2, 0) is 0 Å². The molecule has 0 aliphatic carbocycles. The summed E-state index contributed by atoms with van der Waals surface area (Å²) in [6, 6.07) is 23.1. The van der Waals surface area contributed by atoms with Gasteiger partial charge in [-0.1, -0.05) is 42.5 Å². The Bertz CT molecular complexity index is 1590. The number of hydrogen-bond donors (Lipinski definition) is 0. The van der Waals surface area contributed by atoms with Crippen LogP contribution in [0.25, 0.3) is 44.6 Å². The molecule has 32 heavy (non-hydrogen) atoms. The molecule has 0 bridgehead atoms. The summed E-state index contributed by atoms with van der Waals surface area (Å²) in [7, 11) is 1.61. The number of allylic oxidation sites excluding steroid dienone is 1. The van der Waals surface area contributed by atoms with Gasteiger partial charge in [-0.2, -0.15) is 5.26 Å². The van der Waals surface area contributed by atoms with E-state index in [-0.39, 0.29) is 0 Å². The standard InChI is InChI=1S/C26H16N2O3S/c1-30-19-9-6-16(7-10-19)12-18(14-27)25-28-23(15-32-25)22-13-21-20-5-3-2-4-17(20)8-11-24(21)31-26(22)29/h2-13,15H,1H3/b18-12+. The first-order valence-corrected chi connectivity index (χ1v) is 10.7. The number of ether oxygens (including phenoxy) is 1. The molecule has 6 heteroatoms. The maximum Gasteiger partial charge on any atom is 0.345 e. The normalized spacial score (nSPS) is 11.6. The monoisotopic (exact) mass is 436 g/mol. The van der Waals surface area contributed by atoms with Crippen molar-refractivity contribution in [2.75, 3.05) is 7.11 Å². The Morgan fingerprint density at radius 3 is 2.69 bits per heavy atom. The number of aromatic nitrogens is 1. The first-order chi connectivity index (χ1) is 15.7. The zero-order chi connectivity index (χ0) is 22.1. The largest absolute Gasteiger partial charge is 0.497 e. The first-order valence-electron chi connectivity index (χ1n) is 9.84. The van der Waals surface area contributed by atoms with Gasteiger partial charge in [0.2, 0.25) is 0 Å². The van der Waals surface area contributed by atoms with Crippen LogP contribution in [0.1, 0.15) is 10.6 Å². The van der Waals surface area contributed by atoms with E-state index in [1.807, 2.05) is 60.7 Å². The van der Waals surface area contributed by atoms with Crippen molar-refractivity contribution in [2.24, 2.45) is 0 Å². The lowest BCUT2D eigenvalue weighted by molar-refractivity contribution is 0.415. The second-order valence-corrected chi connectivity index (χ2v) is 7.99. The maximum atomic E-state index is 12.7. The molecule has 2 heterocycles. The van der Waals surface area contributed by atoms with Crippen molar-refractivity contribution in [3.8, 4) is 23.1 Å². The molecule has 5 aromatic rings. The van der Waals surface area contributed by atoms with Crippen LogP contribution >= 0.6 is 11.3 Å². The third kappa shape index (κ3) is 3.55. The molecule has 5 rings (SSSR count). The smallest absolute Gasteiger partial charge is 0.345 e. The molecule has 0 fully saturated rings. The molecule has 0 unspecified atom stereocenters. The van der Waals surface area contributed by atoms with Crippen LogP contribution in [0.5, 0.6) is 5.75 Å². The number of hydrogen-bond acceptors (Lipinski definition) is 6. The van der Waals surface area contributed by atoms with E-state index in [9.17, 15) is 10.1 Å². The van der Waals surface area contributed by atoms with E-state index < -0.39 is 5.63 Å². The molecule has 154 valence electrons. The van der Waals surface area contributed by atoms with Crippen molar-refractivity contribution >= 4 is 44.7 Å². The lowest BCUT2D eigenvalue weighted by atomic mass is 10.0. The fourth-order valence-corrected chi connectivity index (χ4v) is 4.37. The van der Waals surface area contributed by atoms with Crippen LogP contribution in [0.3, 0.4) is 0 Å². The second-order valence-electron chi connectivity index (χ2n) is 7.13. The van der Waals surface area contributed by atoms with Gasteiger partial charge in [-0.25, -0.2) is 9.78 Å². The predicted molar refractivity (Wildman–Crippen MR) is 128 cm³/mol. The van der Waals surface area contributed by atoms with E-state index in [4.69, 9.17) is 9.15 Å². The summed E-state index contributed by atoms with van der Waals surface area (Å²) in [6.45, 7) is 0. The molecule has 0 amide bonds. The highest BCUT2D eigenvalue weighted by molar-refractivity contribution is 7.11. The fraction of sp³-hybridized carbons (Fsp3) is 0.0385. The van der Waals surface area contributed by atoms with Gasteiger partial charge >= 0.3 is 5.63 Å². The Labute approximate surface area is 187 Å². The second kappa shape index (κ2) is 8.14. The average Bonchev–Trinajstić information content (AvgIpc) is 3.32. The van der Waals surface area contributed by atoms with Gasteiger partial charge in [-0.05, 0) is 46.7 Å². The van der Waals surface area contributed by atoms with E-state index in [1.165, 1.54) is 11.3 Å². The van der Waals surface area contributed by atoms with Gasteiger partial charge in [0.25, 0.3) is 0 Å². The van der Waals surface area contributed by atoms with Crippen molar-refractivity contribution in [1.29, 1.82) is 5.26 Å². The highest BCUT2D eigenvalue weighted by Crippen LogP contribution is 2.30. The molecular formula is C26H16N2O3S. The number of fused-ring (bicyclic) bond motifs is 3. The third-order valence-corrected chi connectivity index (χ3v) is 6.08. The van der Waals surface area contributed by atoms with E-state index in [2.05, 4.69) is 11.1 Å². The third-order valence-electron chi connectivity index (χ3n) is 5.20. The maximum absolute atomic E-state index is 12.7. The number of benzene rings is 3. The van der Waals surface area contributed by atoms with Crippen LogP contribution in [0.15, 0.2) is 81.3 Å². The SMILES string of the molecule is COc1ccc(/C=C(\C#N)c2nc(-c3cc4c(ccc5ccccc54)oc3=O)cs2)cc1. The zero-order valence-electron chi connectivity index (χ0n) is 17.0. The van der Waals surface area contributed by atoms with Gasteiger partial charge in [0.1, 0.15) is 22.4 Å². The zero-order valence-corrected chi connectivity index (χ0v) is 17.8. The molecule has 0 atom stereocenters. The molecule has 0 N–H and O–H groups in total. The van der Waals surface area contributed by atoms with E-state index in [0.717, 1.165) is 27.5 Å². The highest BCUT2D eigenvalue weighted by atomic mass is 32.1. The fourth-order valence-electron chi connectivity index (χ4n) is 3.58. The van der Waals surface area contributed by atoms with Crippen LogP contribution in [0.4, 0.5) is 0 Å². The van der Waals surface area contributed by atoms with Gasteiger partial charge < -0.3 is 9.15 Å². The summed E-state index contributed by atoms with van der Waals surface area (Å²) in [6.07, 6.45) is 1.76. The Balaban J connectivity index is 1.58. The summed E-state index contributed by atoms with van der Waals surface area (Å²) >= 11 is 1.31. The molecule has 0 radical (unpaired) electrons. The number of nitriles is 1. The minimum atomic E-state index is -0.456. The van der Waals surface area contributed by atoms with Crippen LogP contribution in [0, 0.1) is 11.3 Å². The molecule has 5 nitrogen and oxygen atoms in total. The van der Waals surface area contributed by atoms with E-state index in [0.29, 0.717) is 27.4 Å². The molecule has 0 aliphatic rings. The summed E-state index contributed by atoms with van der Waals surface area (Å²) < 4.78 is 10.8. The van der Waals surface area contributed by atoms with Crippen molar-refractivity contribution in [2.45, 2.75) is 0 Å². The van der Waals surface area contributed by atoms with Gasteiger partial charge in [-0.3, -0.25) is 0 Å². The molecule has 0 saturated carbocycles. The molecule has 0 aliphatic heterocycles. The summed E-state index contributed by atoms with van der Waals surface area (Å²) in [5.74, 6) is 0.743. The highest BCUT2D eigenvalue weighted by Gasteiger charge is 2.15. The van der Waals surface area contributed by atoms with Crippen LogP contribution < -0.4 is 10.4 Å². The first kappa shape index (κ1) is 19.7. The summed E-state index contributed by atoms with van der Waals surface area (Å²) in [4.78, 5) is 17.2. The summed E-state index contributed by atoms with van der Waals surface area (Å²) in [5.41, 5.74) is 2.22. The molecule has 3 aromatic carbocycles. The number of thiazole rings is 1. The average molecular weight is 436 g/mol. The minimum Gasteiger partial charge on any atom is -0.497 e. The van der Waals surface area contributed by atoms with Crippen LogP contribution in [-0.4, -0.2) is 12.1 Å². The van der Waals surface area contributed by atoms with Crippen molar-refractivity contribution in [3.63, 3.8) is 0 Å². The topological polar surface area (TPSA) is 76.1 Å². The molecule has 2 aromatic heterocycles. The van der Waals surface area contributed by atoms with E-state index >= 15 is 0 Å². The Morgan fingerprint density at radius 2 is 1.91 bits per heavy atom. The quantitative estimate of drug-likeness (QED) is 0.192. The van der Waals surface area contributed by atoms with Crippen molar-refractivity contribution < 1.29 is 9.15 Å². The van der Waals surface area contributed by atoms with Gasteiger partial charge in [0.15, 0.2) is 0 Å². The Hall–Kier alpha value is -4.21. The number of methoxy groups -OCH3 is 1. The lowest BCUT2D eigenvalue weighted by Crippen LogP contribution is -2.03. The van der Waals surface area contributed by atoms with Crippen molar-refractivity contribution in [3.05, 3.63) is 93.1 Å². The van der Waals surface area contributed by atoms with E-state index in [1.54, 1.807) is 24.6 Å². The number of rotatable bonds is 4.